The number of hydrogen-bond donors (Lipinski definition) is 1. The van der Waals surface area contributed by atoms with E-state index in [-0.39, 0.29) is 36.1 Å². The molecule has 1 saturated heterocycles. The van der Waals surface area contributed by atoms with Crippen molar-refractivity contribution in [1.29, 1.82) is 0 Å². The summed E-state index contributed by atoms with van der Waals surface area (Å²) < 4.78 is 11.1. The van der Waals surface area contributed by atoms with Crippen LogP contribution in [0.3, 0.4) is 0 Å². The van der Waals surface area contributed by atoms with E-state index in [0.717, 1.165) is 55.2 Å². The zero-order valence-electron chi connectivity index (χ0n) is 19.8. The van der Waals surface area contributed by atoms with E-state index in [0.29, 0.717) is 13.1 Å². The Labute approximate surface area is 210 Å². The monoisotopic (exact) mass is 502 g/mol. The molecule has 1 saturated carbocycles. The SMILES string of the molecule is COc1cc(NC2CCC(OCC(=O)N3CCN(c4ccc(Cl)cc4)CC3)CC2)ccc1[N+](=O)[O-]. The molecule has 1 aliphatic heterocycles. The lowest BCUT2D eigenvalue weighted by Crippen LogP contribution is -2.50. The zero-order chi connectivity index (χ0) is 24.8. The summed E-state index contributed by atoms with van der Waals surface area (Å²) in [4.78, 5) is 27.4. The minimum Gasteiger partial charge on any atom is -0.490 e. The van der Waals surface area contributed by atoms with Crippen LogP contribution < -0.4 is 15.0 Å². The lowest BCUT2D eigenvalue weighted by Gasteiger charge is -2.36. The van der Waals surface area contributed by atoms with Crippen molar-refractivity contribution in [3.05, 3.63) is 57.6 Å². The number of nitrogens with one attached hydrogen (secondary N) is 1. The number of halogens is 1. The lowest BCUT2D eigenvalue weighted by atomic mass is 9.92. The van der Waals surface area contributed by atoms with Crippen LogP contribution in [0.4, 0.5) is 17.1 Å². The van der Waals surface area contributed by atoms with E-state index in [2.05, 4.69) is 10.2 Å². The molecule has 0 bridgehead atoms. The third-order valence-corrected chi connectivity index (χ3v) is 6.94. The Morgan fingerprint density at radius 3 is 2.40 bits per heavy atom. The molecule has 0 radical (unpaired) electrons. The molecule has 0 spiro atoms. The summed E-state index contributed by atoms with van der Waals surface area (Å²) in [5.74, 6) is 0.281. The molecular weight excluding hydrogens is 472 g/mol. The first-order valence-corrected chi connectivity index (χ1v) is 12.3. The molecule has 4 rings (SSSR count). The van der Waals surface area contributed by atoms with E-state index >= 15 is 0 Å². The van der Waals surface area contributed by atoms with Crippen molar-refractivity contribution in [3.63, 3.8) is 0 Å². The van der Waals surface area contributed by atoms with E-state index in [1.807, 2.05) is 29.2 Å². The van der Waals surface area contributed by atoms with Crippen molar-refractivity contribution in [1.82, 2.24) is 4.90 Å². The molecule has 0 atom stereocenters. The van der Waals surface area contributed by atoms with Crippen LogP contribution in [0.25, 0.3) is 0 Å². The Bertz CT molecular complexity index is 1020. The van der Waals surface area contributed by atoms with Crippen LogP contribution in [-0.2, 0) is 9.53 Å². The molecule has 2 aromatic carbocycles. The Kier molecular flexibility index (Phi) is 8.30. The smallest absolute Gasteiger partial charge is 0.311 e. The van der Waals surface area contributed by atoms with Crippen molar-refractivity contribution in [2.24, 2.45) is 0 Å². The Balaban J connectivity index is 1.17. The molecule has 10 heteroatoms. The predicted molar refractivity (Wildman–Crippen MR) is 136 cm³/mol. The summed E-state index contributed by atoms with van der Waals surface area (Å²) in [7, 11) is 1.43. The van der Waals surface area contributed by atoms with Crippen LogP contribution in [0.5, 0.6) is 5.75 Å². The highest BCUT2D eigenvalue weighted by molar-refractivity contribution is 6.30. The van der Waals surface area contributed by atoms with Crippen LogP contribution in [0, 0.1) is 10.1 Å². The first-order chi connectivity index (χ1) is 16.9. The highest BCUT2D eigenvalue weighted by Gasteiger charge is 2.26. The predicted octanol–water partition coefficient (Wildman–Crippen LogP) is 4.35. The number of nitrogens with zero attached hydrogens (tertiary/aromatic N) is 3. The van der Waals surface area contributed by atoms with Gasteiger partial charge in [0, 0.05) is 60.8 Å². The number of anilines is 2. The van der Waals surface area contributed by atoms with Crippen molar-refractivity contribution in [2.45, 2.75) is 37.8 Å². The number of ether oxygens (including phenoxy) is 2. The van der Waals surface area contributed by atoms with Gasteiger partial charge in [0.25, 0.3) is 0 Å². The van der Waals surface area contributed by atoms with Gasteiger partial charge in [-0.3, -0.25) is 14.9 Å². The van der Waals surface area contributed by atoms with Gasteiger partial charge in [0.15, 0.2) is 5.75 Å². The van der Waals surface area contributed by atoms with Crippen molar-refractivity contribution >= 4 is 34.6 Å². The van der Waals surface area contributed by atoms with Gasteiger partial charge >= 0.3 is 5.69 Å². The molecule has 1 aliphatic carbocycles. The minimum atomic E-state index is -0.452. The summed E-state index contributed by atoms with van der Waals surface area (Å²) in [6.07, 6.45) is 3.59. The molecule has 188 valence electrons. The molecular formula is C25H31ClN4O5. The number of benzene rings is 2. The fourth-order valence-electron chi connectivity index (χ4n) is 4.67. The number of piperazine rings is 1. The van der Waals surface area contributed by atoms with Crippen LogP contribution in [-0.4, -0.2) is 67.8 Å². The second-order valence-electron chi connectivity index (χ2n) is 8.92. The Morgan fingerprint density at radius 2 is 1.77 bits per heavy atom. The average molecular weight is 503 g/mol. The molecule has 2 aliphatic rings. The molecule has 2 fully saturated rings. The highest BCUT2D eigenvalue weighted by atomic mass is 35.5. The third kappa shape index (κ3) is 6.55. The van der Waals surface area contributed by atoms with Gasteiger partial charge in [0.05, 0.1) is 18.1 Å². The van der Waals surface area contributed by atoms with Crippen LogP contribution in [0.2, 0.25) is 5.02 Å². The number of nitro benzene ring substituents is 1. The number of rotatable bonds is 8. The van der Waals surface area contributed by atoms with Gasteiger partial charge in [-0.05, 0) is 56.0 Å². The van der Waals surface area contributed by atoms with Gasteiger partial charge in [0.1, 0.15) is 6.61 Å². The minimum absolute atomic E-state index is 0.0407. The standard InChI is InChI=1S/C25H31ClN4O5/c1-34-24-16-20(6-11-23(24)30(32)33)27-19-4-9-22(10-5-19)35-17-25(31)29-14-12-28(13-15-29)21-7-2-18(26)3-8-21/h2-3,6-8,11,16,19,22,27H,4-5,9-10,12-15,17H2,1H3. The fourth-order valence-corrected chi connectivity index (χ4v) is 4.80. The molecule has 2 aromatic rings. The lowest BCUT2D eigenvalue weighted by molar-refractivity contribution is -0.385. The van der Waals surface area contributed by atoms with E-state index in [9.17, 15) is 14.9 Å². The number of hydrogen-bond acceptors (Lipinski definition) is 7. The summed E-state index contributed by atoms with van der Waals surface area (Å²) in [6, 6.07) is 12.8. The summed E-state index contributed by atoms with van der Waals surface area (Å²) in [5, 5.41) is 15.2. The fraction of sp³-hybridized carbons (Fsp3) is 0.480. The van der Waals surface area contributed by atoms with Crippen molar-refractivity contribution in [3.8, 4) is 5.75 Å². The molecule has 1 amide bonds. The van der Waals surface area contributed by atoms with Gasteiger partial charge in [-0.25, -0.2) is 0 Å². The molecule has 35 heavy (non-hydrogen) atoms. The number of carbonyl (C=O) groups is 1. The maximum absolute atomic E-state index is 12.7. The van der Waals surface area contributed by atoms with Gasteiger partial charge < -0.3 is 24.6 Å². The Morgan fingerprint density at radius 1 is 1.09 bits per heavy atom. The molecule has 0 aromatic heterocycles. The normalized spacial score (nSPS) is 20.4. The third-order valence-electron chi connectivity index (χ3n) is 6.69. The number of methoxy groups -OCH3 is 1. The van der Waals surface area contributed by atoms with Crippen molar-refractivity contribution in [2.75, 3.05) is 50.1 Å². The van der Waals surface area contributed by atoms with E-state index < -0.39 is 4.92 Å². The number of nitro groups is 1. The van der Waals surface area contributed by atoms with E-state index in [4.69, 9.17) is 21.1 Å². The second kappa shape index (κ2) is 11.6. The molecule has 1 N–H and O–H groups in total. The van der Waals surface area contributed by atoms with Gasteiger partial charge in [0.2, 0.25) is 5.91 Å². The van der Waals surface area contributed by atoms with Gasteiger partial charge in [-0.15, -0.1) is 0 Å². The first-order valence-electron chi connectivity index (χ1n) is 11.9. The number of carbonyl (C=O) groups excluding carboxylic acids is 1. The maximum atomic E-state index is 12.7. The first kappa shape index (κ1) is 25.1. The molecule has 1 heterocycles. The van der Waals surface area contributed by atoms with Crippen molar-refractivity contribution < 1.29 is 19.2 Å². The van der Waals surface area contributed by atoms with Gasteiger partial charge in [-0.2, -0.15) is 0 Å². The van der Waals surface area contributed by atoms with E-state index in [1.165, 1.54) is 13.2 Å². The summed E-state index contributed by atoms with van der Waals surface area (Å²) in [6.45, 7) is 3.05. The summed E-state index contributed by atoms with van der Waals surface area (Å²) in [5.41, 5.74) is 1.87. The molecule has 9 nitrogen and oxygen atoms in total. The maximum Gasteiger partial charge on any atom is 0.311 e. The van der Waals surface area contributed by atoms with Crippen LogP contribution in [0.1, 0.15) is 25.7 Å². The quantitative estimate of drug-likeness (QED) is 0.423. The molecule has 0 unspecified atom stereocenters. The Hall–Kier alpha value is -3.04. The zero-order valence-corrected chi connectivity index (χ0v) is 20.6. The van der Waals surface area contributed by atoms with Crippen LogP contribution in [0.15, 0.2) is 42.5 Å². The van der Waals surface area contributed by atoms with Gasteiger partial charge in [-0.1, -0.05) is 11.6 Å². The van der Waals surface area contributed by atoms with E-state index in [1.54, 1.807) is 12.1 Å². The highest BCUT2D eigenvalue weighted by Crippen LogP contribution is 2.31. The average Bonchev–Trinajstić information content (AvgIpc) is 2.88. The topological polar surface area (TPSA) is 97.2 Å². The summed E-state index contributed by atoms with van der Waals surface area (Å²) >= 11 is 5.97. The second-order valence-corrected chi connectivity index (χ2v) is 9.35. The largest absolute Gasteiger partial charge is 0.490 e. The van der Waals surface area contributed by atoms with Crippen LogP contribution >= 0.6 is 11.6 Å². The number of amides is 1.